The molecule has 0 spiro atoms. The van der Waals surface area contributed by atoms with Gasteiger partial charge in [0, 0.05) is 36.6 Å². The van der Waals surface area contributed by atoms with Crippen LogP contribution in [0, 0.1) is 5.82 Å². The molecule has 4 aromatic rings. The Balaban J connectivity index is 1.50. The standard InChI is InChI=1S/C25H21F7N6O3/c1-11(36-18-9-35-37-23(40)19(18)25(30,31)32)4-14(26)10-38-3-2-12-5-16(17(27)6-15(12)24(38)41)22-33-7-13(8-34-22)20(39)21(28)29/h2-3,5-9,11,14,20-21,39H,4,10H2,1H3,(H2,36,37,40)/t11-,14-,20-/m1/s1. The lowest BCUT2D eigenvalue weighted by molar-refractivity contribution is -0.138. The zero-order chi connectivity index (χ0) is 30.1. The van der Waals surface area contributed by atoms with E-state index in [-0.39, 0.29) is 34.1 Å². The van der Waals surface area contributed by atoms with Crippen LogP contribution in [-0.4, -0.2) is 48.5 Å². The first-order valence-electron chi connectivity index (χ1n) is 11.9. The fraction of sp³-hybridized carbons (Fsp3) is 0.320. The van der Waals surface area contributed by atoms with Crippen molar-refractivity contribution in [2.24, 2.45) is 0 Å². The van der Waals surface area contributed by atoms with Crippen LogP contribution in [0.15, 0.2) is 52.6 Å². The number of fused-ring (bicyclic) bond motifs is 1. The van der Waals surface area contributed by atoms with E-state index in [0.29, 0.717) is 0 Å². The molecule has 0 aliphatic carbocycles. The molecule has 0 saturated heterocycles. The number of alkyl halides is 6. The summed E-state index contributed by atoms with van der Waals surface area (Å²) in [5.74, 6) is -1.11. The van der Waals surface area contributed by atoms with Crippen LogP contribution in [0.3, 0.4) is 0 Å². The van der Waals surface area contributed by atoms with Gasteiger partial charge in [0.25, 0.3) is 17.5 Å². The molecule has 4 rings (SSSR count). The van der Waals surface area contributed by atoms with Crippen LogP contribution in [0.4, 0.5) is 36.4 Å². The third-order valence-corrected chi connectivity index (χ3v) is 6.10. The maximum atomic E-state index is 14.9. The Morgan fingerprint density at radius 1 is 1.10 bits per heavy atom. The van der Waals surface area contributed by atoms with Crippen molar-refractivity contribution in [2.75, 3.05) is 5.32 Å². The first-order valence-corrected chi connectivity index (χ1v) is 11.9. The maximum Gasteiger partial charge on any atom is 0.423 e. The lowest BCUT2D eigenvalue weighted by Gasteiger charge is -2.20. The summed E-state index contributed by atoms with van der Waals surface area (Å²) in [5.41, 5.74) is -4.76. The maximum absolute atomic E-state index is 14.9. The highest BCUT2D eigenvalue weighted by Crippen LogP contribution is 2.32. The molecule has 0 fully saturated rings. The number of rotatable bonds is 9. The minimum Gasteiger partial charge on any atom is -0.382 e. The number of aliphatic hydroxyl groups excluding tert-OH is 1. The number of nitrogens with one attached hydrogen (secondary N) is 2. The van der Waals surface area contributed by atoms with Gasteiger partial charge in [-0.1, -0.05) is 0 Å². The van der Waals surface area contributed by atoms with E-state index in [0.717, 1.165) is 29.2 Å². The van der Waals surface area contributed by atoms with Gasteiger partial charge in [-0.2, -0.15) is 18.3 Å². The monoisotopic (exact) mass is 586 g/mol. The number of pyridine rings is 1. The molecule has 3 atom stereocenters. The Labute approximate surface area is 225 Å². The van der Waals surface area contributed by atoms with Gasteiger partial charge in [-0.25, -0.2) is 32.6 Å². The average Bonchev–Trinajstić information content (AvgIpc) is 2.89. The van der Waals surface area contributed by atoms with E-state index < -0.39 is 65.7 Å². The summed E-state index contributed by atoms with van der Waals surface area (Å²) in [4.78, 5) is 32.2. The zero-order valence-corrected chi connectivity index (χ0v) is 21.0. The molecule has 218 valence electrons. The van der Waals surface area contributed by atoms with E-state index >= 15 is 0 Å². The molecule has 3 aromatic heterocycles. The number of aliphatic hydroxyl groups is 1. The molecule has 1 aromatic carbocycles. The number of H-pyrrole nitrogens is 1. The minimum atomic E-state index is -4.98. The van der Waals surface area contributed by atoms with Crippen LogP contribution in [0.1, 0.15) is 30.6 Å². The average molecular weight is 586 g/mol. The number of halogens is 7. The Hall–Kier alpha value is -4.34. The van der Waals surface area contributed by atoms with Crippen molar-refractivity contribution in [2.45, 2.75) is 50.8 Å². The number of hydrogen-bond acceptors (Lipinski definition) is 7. The number of anilines is 1. The lowest BCUT2D eigenvalue weighted by Crippen LogP contribution is -2.30. The molecule has 41 heavy (non-hydrogen) atoms. The molecule has 0 unspecified atom stereocenters. The first kappa shape index (κ1) is 29.6. The Kier molecular flexibility index (Phi) is 8.42. The molecule has 0 aliphatic rings. The molecule has 0 saturated carbocycles. The van der Waals surface area contributed by atoms with Crippen LogP contribution in [0.5, 0.6) is 0 Å². The molecule has 0 bridgehead atoms. The highest BCUT2D eigenvalue weighted by atomic mass is 19.4. The smallest absolute Gasteiger partial charge is 0.382 e. The molecule has 3 N–H and O–H groups in total. The van der Waals surface area contributed by atoms with Gasteiger partial charge in [0.2, 0.25) is 0 Å². The van der Waals surface area contributed by atoms with Crippen molar-refractivity contribution in [3.8, 4) is 11.4 Å². The number of benzene rings is 1. The summed E-state index contributed by atoms with van der Waals surface area (Å²) in [5, 5.41) is 17.0. The summed E-state index contributed by atoms with van der Waals surface area (Å²) in [6, 6.07) is 2.64. The van der Waals surface area contributed by atoms with E-state index in [2.05, 4.69) is 20.4 Å². The quantitative estimate of drug-likeness (QED) is 0.251. The first-order chi connectivity index (χ1) is 19.3. The molecule has 0 aliphatic heterocycles. The number of hydrogen-bond donors (Lipinski definition) is 3. The molecule has 16 heteroatoms. The molecule has 3 heterocycles. The molecule has 9 nitrogen and oxygen atoms in total. The van der Waals surface area contributed by atoms with Crippen LogP contribution in [-0.2, 0) is 12.7 Å². The van der Waals surface area contributed by atoms with Crippen molar-refractivity contribution < 1.29 is 35.8 Å². The van der Waals surface area contributed by atoms with Crippen LogP contribution in [0.2, 0.25) is 0 Å². The van der Waals surface area contributed by atoms with Crippen molar-refractivity contribution >= 4 is 16.5 Å². The van der Waals surface area contributed by atoms with Gasteiger partial charge >= 0.3 is 6.18 Å². The van der Waals surface area contributed by atoms with Gasteiger partial charge in [0.1, 0.15) is 23.7 Å². The molecule has 0 radical (unpaired) electrons. The Morgan fingerprint density at radius 3 is 2.41 bits per heavy atom. The normalized spacial score (nSPS) is 14.3. The predicted octanol–water partition coefficient (Wildman–Crippen LogP) is 4.23. The van der Waals surface area contributed by atoms with Crippen molar-refractivity contribution in [3.05, 3.63) is 80.6 Å². The second-order valence-electron chi connectivity index (χ2n) is 9.18. The van der Waals surface area contributed by atoms with Gasteiger partial charge in [-0.3, -0.25) is 9.59 Å². The summed E-state index contributed by atoms with van der Waals surface area (Å²) >= 11 is 0. The van der Waals surface area contributed by atoms with Crippen molar-refractivity contribution in [1.82, 2.24) is 24.7 Å². The summed E-state index contributed by atoms with van der Waals surface area (Å²) in [6.45, 7) is 0.887. The van der Waals surface area contributed by atoms with Crippen LogP contribution < -0.4 is 16.4 Å². The number of aromatic nitrogens is 5. The summed E-state index contributed by atoms with van der Waals surface area (Å²) in [7, 11) is 0. The fourth-order valence-electron chi connectivity index (χ4n) is 4.18. The highest BCUT2D eigenvalue weighted by molar-refractivity contribution is 5.86. The molecular weight excluding hydrogens is 565 g/mol. The second-order valence-corrected chi connectivity index (χ2v) is 9.18. The number of aromatic amines is 1. The fourth-order valence-corrected chi connectivity index (χ4v) is 4.18. The van der Waals surface area contributed by atoms with Gasteiger partial charge < -0.3 is 15.0 Å². The third kappa shape index (κ3) is 6.53. The van der Waals surface area contributed by atoms with Gasteiger partial charge in [-0.15, -0.1) is 0 Å². The SMILES string of the molecule is C[C@H](C[C@@H](F)Cn1ccc2cc(-c3ncc([C@@H](O)C(F)F)cn3)c(F)cc2c1=O)Nc1cn[nH]c(=O)c1C(F)(F)F. The number of nitrogens with zero attached hydrogens (tertiary/aromatic N) is 4. The van der Waals surface area contributed by atoms with Gasteiger partial charge in [-0.05, 0) is 30.5 Å². The topological polar surface area (TPSA) is 126 Å². The molecular formula is C25H21F7N6O3. The van der Waals surface area contributed by atoms with Crippen LogP contribution >= 0.6 is 0 Å². The largest absolute Gasteiger partial charge is 0.423 e. The van der Waals surface area contributed by atoms with E-state index in [1.165, 1.54) is 25.3 Å². The predicted molar refractivity (Wildman–Crippen MR) is 133 cm³/mol. The minimum absolute atomic E-state index is 0.110. The van der Waals surface area contributed by atoms with Crippen LogP contribution in [0.25, 0.3) is 22.2 Å². The zero-order valence-electron chi connectivity index (χ0n) is 21.0. The highest BCUT2D eigenvalue weighted by Gasteiger charge is 2.37. The van der Waals surface area contributed by atoms with E-state index in [4.69, 9.17) is 0 Å². The second kappa shape index (κ2) is 11.6. The van der Waals surface area contributed by atoms with Crippen molar-refractivity contribution in [3.63, 3.8) is 0 Å². The van der Waals surface area contributed by atoms with Crippen molar-refractivity contribution in [1.29, 1.82) is 0 Å². The van der Waals surface area contributed by atoms with Gasteiger partial charge in [0.15, 0.2) is 5.82 Å². The van der Waals surface area contributed by atoms with E-state index in [1.54, 1.807) is 5.10 Å². The lowest BCUT2D eigenvalue weighted by atomic mass is 10.1. The van der Waals surface area contributed by atoms with Gasteiger partial charge in [0.05, 0.1) is 29.4 Å². The summed E-state index contributed by atoms with van der Waals surface area (Å²) in [6.07, 6.45) is -8.37. The Morgan fingerprint density at radius 2 is 1.78 bits per heavy atom. The summed E-state index contributed by atoms with van der Waals surface area (Å²) < 4.78 is 95.8. The molecule has 0 amide bonds. The Bertz CT molecular complexity index is 1660. The third-order valence-electron chi connectivity index (χ3n) is 6.10. The van der Waals surface area contributed by atoms with E-state index in [1.807, 2.05) is 0 Å². The van der Waals surface area contributed by atoms with E-state index in [9.17, 15) is 45.4 Å².